The van der Waals surface area contributed by atoms with Gasteiger partial charge >= 0.3 is 0 Å². The van der Waals surface area contributed by atoms with Crippen LogP contribution in [0, 0.1) is 5.92 Å². The molecule has 0 bridgehead atoms. The van der Waals surface area contributed by atoms with Crippen LogP contribution in [0.15, 0.2) is 28.9 Å². The number of pyridine rings is 1. The van der Waals surface area contributed by atoms with Gasteiger partial charge in [0.2, 0.25) is 0 Å². The van der Waals surface area contributed by atoms with Gasteiger partial charge in [0, 0.05) is 9.86 Å². The number of aromatic nitrogens is 1. The van der Waals surface area contributed by atoms with Crippen molar-refractivity contribution >= 4 is 32.5 Å². The van der Waals surface area contributed by atoms with E-state index in [2.05, 4.69) is 40.8 Å². The van der Waals surface area contributed by atoms with E-state index in [1.54, 1.807) is 6.20 Å². The van der Waals surface area contributed by atoms with Crippen molar-refractivity contribution in [2.75, 3.05) is 5.73 Å². The van der Waals surface area contributed by atoms with E-state index in [1.807, 2.05) is 12.1 Å². The molecule has 0 saturated heterocycles. The van der Waals surface area contributed by atoms with Crippen molar-refractivity contribution < 1.29 is 0 Å². The molecule has 0 aliphatic carbocycles. The van der Waals surface area contributed by atoms with Gasteiger partial charge in [0.25, 0.3) is 0 Å². The zero-order valence-corrected chi connectivity index (χ0v) is 11.1. The fraction of sp³-hybridized carbons (Fsp3) is 0.308. The quantitative estimate of drug-likeness (QED) is 0.908. The number of nitrogens with two attached hydrogens (primary N) is 1. The monoisotopic (exact) mass is 278 g/mol. The van der Waals surface area contributed by atoms with Crippen molar-refractivity contribution in [3.63, 3.8) is 0 Å². The molecule has 0 spiro atoms. The summed E-state index contributed by atoms with van der Waals surface area (Å²) < 4.78 is 1.05. The van der Waals surface area contributed by atoms with Crippen LogP contribution < -0.4 is 5.73 Å². The minimum Gasteiger partial charge on any atom is -0.397 e. The smallest absolute Gasteiger partial charge is 0.0717 e. The third-order valence-electron chi connectivity index (χ3n) is 2.59. The Morgan fingerprint density at radius 3 is 2.81 bits per heavy atom. The third-order valence-corrected chi connectivity index (χ3v) is 3.08. The van der Waals surface area contributed by atoms with Crippen molar-refractivity contribution in [1.82, 2.24) is 4.98 Å². The first-order valence-corrected chi connectivity index (χ1v) is 6.20. The first kappa shape index (κ1) is 11.4. The number of rotatable bonds is 2. The molecule has 84 valence electrons. The minimum absolute atomic E-state index is 0.594. The lowest BCUT2D eigenvalue weighted by Crippen LogP contribution is -2.01. The highest BCUT2D eigenvalue weighted by Gasteiger charge is 2.08. The SMILES string of the molecule is CC(C)Cc1c(N)cnc2cc(Br)ccc12. The molecule has 16 heavy (non-hydrogen) atoms. The van der Waals surface area contributed by atoms with Crippen LogP contribution in [0.2, 0.25) is 0 Å². The summed E-state index contributed by atoms with van der Waals surface area (Å²) in [5, 5.41) is 1.16. The van der Waals surface area contributed by atoms with Gasteiger partial charge in [-0.1, -0.05) is 35.8 Å². The summed E-state index contributed by atoms with van der Waals surface area (Å²) in [6, 6.07) is 6.15. The second-order valence-corrected chi connectivity index (χ2v) is 5.37. The van der Waals surface area contributed by atoms with Gasteiger partial charge in [-0.25, -0.2) is 0 Å². The Kier molecular flexibility index (Phi) is 3.15. The van der Waals surface area contributed by atoms with Crippen LogP contribution in [0.1, 0.15) is 19.4 Å². The summed E-state index contributed by atoms with van der Waals surface area (Å²) in [4.78, 5) is 4.35. The molecule has 2 N–H and O–H groups in total. The Morgan fingerprint density at radius 1 is 1.38 bits per heavy atom. The van der Waals surface area contributed by atoms with E-state index in [1.165, 1.54) is 5.56 Å². The second kappa shape index (κ2) is 4.42. The summed E-state index contributed by atoms with van der Waals surface area (Å²) in [5.74, 6) is 0.594. The van der Waals surface area contributed by atoms with Crippen molar-refractivity contribution in [1.29, 1.82) is 0 Å². The van der Waals surface area contributed by atoms with Gasteiger partial charge in [-0.2, -0.15) is 0 Å². The van der Waals surface area contributed by atoms with E-state index < -0.39 is 0 Å². The number of hydrogen-bond donors (Lipinski definition) is 1. The molecule has 0 atom stereocenters. The molecule has 0 saturated carbocycles. The van der Waals surface area contributed by atoms with E-state index in [9.17, 15) is 0 Å². The van der Waals surface area contributed by atoms with Crippen LogP contribution in [-0.2, 0) is 6.42 Å². The molecule has 0 fully saturated rings. The van der Waals surface area contributed by atoms with Gasteiger partial charge in [0.1, 0.15) is 0 Å². The van der Waals surface area contributed by atoms with Gasteiger partial charge in [0.15, 0.2) is 0 Å². The standard InChI is InChI=1S/C13H15BrN2/c1-8(2)5-11-10-4-3-9(14)6-13(10)16-7-12(11)15/h3-4,6-8H,5,15H2,1-2H3. The highest BCUT2D eigenvalue weighted by atomic mass is 79.9. The summed E-state index contributed by atoms with van der Waals surface area (Å²) >= 11 is 3.46. The van der Waals surface area contributed by atoms with Gasteiger partial charge in [0.05, 0.1) is 17.4 Å². The zero-order chi connectivity index (χ0) is 11.7. The van der Waals surface area contributed by atoms with Crippen LogP contribution in [0.3, 0.4) is 0 Å². The largest absolute Gasteiger partial charge is 0.397 e. The number of nitrogen functional groups attached to an aromatic ring is 1. The maximum absolute atomic E-state index is 6.00. The molecule has 1 aromatic carbocycles. The Balaban J connectivity index is 2.64. The fourth-order valence-corrected chi connectivity index (χ4v) is 2.22. The van der Waals surface area contributed by atoms with Crippen molar-refractivity contribution in [2.24, 2.45) is 5.92 Å². The molecular formula is C13H15BrN2. The Bertz CT molecular complexity index is 521. The van der Waals surface area contributed by atoms with E-state index in [0.717, 1.165) is 27.5 Å². The molecule has 2 aromatic rings. The molecule has 2 nitrogen and oxygen atoms in total. The van der Waals surface area contributed by atoms with E-state index >= 15 is 0 Å². The highest BCUT2D eigenvalue weighted by Crippen LogP contribution is 2.27. The second-order valence-electron chi connectivity index (χ2n) is 4.45. The fourth-order valence-electron chi connectivity index (χ4n) is 1.88. The normalized spacial score (nSPS) is 11.2. The first-order valence-electron chi connectivity index (χ1n) is 5.40. The van der Waals surface area contributed by atoms with Crippen LogP contribution in [0.4, 0.5) is 5.69 Å². The summed E-state index contributed by atoms with van der Waals surface area (Å²) in [7, 11) is 0. The predicted molar refractivity (Wildman–Crippen MR) is 72.4 cm³/mol. The number of fused-ring (bicyclic) bond motifs is 1. The average molecular weight is 279 g/mol. The number of benzene rings is 1. The maximum Gasteiger partial charge on any atom is 0.0717 e. The summed E-state index contributed by atoms with van der Waals surface area (Å²) in [6.07, 6.45) is 2.75. The molecule has 0 radical (unpaired) electrons. The number of halogens is 1. The molecule has 0 unspecified atom stereocenters. The van der Waals surface area contributed by atoms with Crippen LogP contribution in [0.5, 0.6) is 0 Å². The van der Waals surface area contributed by atoms with Crippen molar-refractivity contribution in [3.05, 3.63) is 34.4 Å². The Labute approximate surface area is 104 Å². The molecular weight excluding hydrogens is 264 g/mol. The van der Waals surface area contributed by atoms with Crippen LogP contribution in [-0.4, -0.2) is 4.98 Å². The highest BCUT2D eigenvalue weighted by molar-refractivity contribution is 9.10. The van der Waals surface area contributed by atoms with Gasteiger partial charge in [-0.05, 0) is 30.0 Å². The Hall–Kier alpha value is -1.09. The van der Waals surface area contributed by atoms with Crippen molar-refractivity contribution in [2.45, 2.75) is 20.3 Å². The molecule has 3 heteroatoms. The summed E-state index contributed by atoms with van der Waals surface area (Å²) in [5.41, 5.74) is 9.01. The van der Waals surface area contributed by atoms with Gasteiger partial charge < -0.3 is 5.73 Å². The third kappa shape index (κ3) is 2.19. The Morgan fingerprint density at radius 2 is 2.12 bits per heavy atom. The number of nitrogens with zero attached hydrogens (tertiary/aromatic N) is 1. The maximum atomic E-state index is 6.00. The topological polar surface area (TPSA) is 38.9 Å². The van der Waals surface area contributed by atoms with Crippen molar-refractivity contribution in [3.8, 4) is 0 Å². The van der Waals surface area contributed by atoms with Gasteiger partial charge in [-0.3, -0.25) is 4.98 Å². The molecule has 0 amide bonds. The molecule has 2 rings (SSSR count). The van der Waals surface area contributed by atoms with E-state index in [0.29, 0.717) is 5.92 Å². The lowest BCUT2D eigenvalue weighted by molar-refractivity contribution is 0.651. The van der Waals surface area contributed by atoms with E-state index in [4.69, 9.17) is 5.73 Å². The number of anilines is 1. The minimum atomic E-state index is 0.594. The predicted octanol–water partition coefficient (Wildman–Crippen LogP) is 3.78. The molecule has 0 aliphatic rings. The lowest BCUT2D eigenvalue weighted by atomic mass is 9.98. The molecule has 1 heterocycles. The van der Waals surface area contributed by atoms with Crippen LogP contribution >= 0.6 is 15.9 Å². The lowest BCUT2D eigenvalue weighted by Gasteiger charge is -2.11. The van der Waals surface area contributed by atoms with Gasteiger partial charge in [-0.15, -0.1) is 0 Å². The molecule has 1 aromatic heterocycles. The van der Waals surface area contributed by atoms with E-state index in [-0.39, 0.29) is 0 Å². The van der Waals surface area contributed by atoms with Crippen LogP contribution in [0.25, 0.3) is 10.9 Å². The first-order chi connectivity index (χ1) is 7.58. The zero-order valence-electron chi connectivity index (χ0n) is 9.50. The molecule has 0 aliphatic heterocycles. The average Bonchev–Trinajstić information content (AvgIpc) is 2.22. The number of hydrogen-bond acceptors (Lipinski definition) is 2. The summed E-state index contributed by atoms with van der Waals surface area (Å²) in [6.45, 7) is 4.40.